The van der Waals surface area contributed by atoms with Gasteiger partial charge >= 0.3 is 0 Å². The topological polar surface area (TPSA) is 66.9 Å². The number of carbonyl (C=O) groups is 1. The zero-order valence-electron chi connectivity index (χ0n) is 12.0. The van der Waals surface area contributed by atoms with E-state index in [4.69, 9.17) is 0 Å². The van der Waals surface area contributed by atoms with Gasteiger partial charge in [-0.15, -0.1) is 0 Å². The van der Waals surface area contributed by atoms with E-state index in [1.54, 1.807) is 36.7 Å². The van der Waals surface area contributed by atoms with Crippen LogP contribution >= 0.6 is 15.9 Å². The first-order valence-corrected chi connectivity index (χ1v) is 7.71. The van der Waals surface area contributed by atoms with Crippen LogP contribution < -0.4 is 10.6 Å². The van der Waals surface area contributed by atoms with E-state index in [1.807, 2.05) is 24.3 Å². The number of pyridine rings is 2. The maximum absolute atomic E-state index is 12.0. The van der Waals surface area contributed by atoms with Crippen LogP contribution in [0.3, 0.4) is 0 Å². The molecule has 0 aliphatic heterocycles. The van der Waals surface area contributed by atoms with Crippen molar-refractivity contribution in [2.45, 2.75) is 0 Å². The number of anilines is 3. The molecule has 3 rings (SSSR count). The first-order valence-electron chi connectivity index (χ1n) is 6.91. The standard InChI is InChI=1S/C17H13BrN4O/c18-14-5-1-2-6-15(14)22-16-8-7-13(11-20-16)21-17(23)12-4-3-9-19-10-12/h1-11H,(H,20,22)(H,21,23). The fourth-order valence-corrected chi connectivity index (χ4v) is 2.33. The molecule has 0 atom stereocenters. The molecule has 2 N–H and O–H groups in total. The molecule has 0 saturated carbocycles. The highest BCUT2D eigenvalue weighted by Crippen LogP contribution is 2.24. The van der Waals surface area contributed by atoms with Gasteiger partial charge in [0.05, 0.1) is 23.1 Å². The third-order valence-electron chi connectivity index (χ3n) is 3.08. The van der Waals surface area contributed by atoms with Gasteiger partial charge in [-0.25, -0.2) is 4.98 Å². The van der Waals surface area contributed by atoms with Gasteiger partial charge in [-0.1, -0.05) is 12.1 Å². The number of aromatic nitrogens is 2. The molecule has 6 heteroatoms. The van der Waals surface area contributed by atoms with E-state index >= 15 is 0 Å². The number of hydrogen-bond acceptors (Lipinski definition) is 4. The van der Waals surface area contributed by atoms with E-state index < -0.39 is 0 Å². The third-order valence-corrected chi connectivity index (χ3v) is 3.77. The van der Waals surface area contributed by atoms with Crippen molar-refractivity contribution in [2.24, 2.45) is 0 Å². The number of benzene rings is 1. The molecule has 0 unspecified atom stereocenters. The molecule has 0 radical (unpaired) electrons. The maximum Gasteiger partial charge on any atom is 0.257 e. The Morgan fingerprint density at radius 2 is 1.87 bits per heavy atom. The Balaban J connectivity index is 1.68. The quantitative estimate of drug-likeness (QED) is 0.722. The lowest BCUT2D eigenvalue weighted by atomic mass is 10.2. The lowest BCUT2D eigenvalue weighted by Crippen LogP contribution is -2.12. The number of rotatable bonds is 4. The Morgan fingerprint density at radius 1 is 1.00 bits per heavy atom. The Labute approximate surface area is 141 Å². The lowest BCUT2D eigenvalue weighted by molar-refractivity contribution is 0.102. The van der Waals surface area contributed by atoms with Gasteiger partial charge in [0, 0.05) is 16.9 Å². The van der Waals surface area contributed by atoms with Gasteiger partial charge in [0.1, 0.15) is 5.82 Å². The zero-order chi connectivity index (χ0) is 16.1. The van der Waals surface area contributed by atoms with Crippen molar-refractivity contribution in [3.8, 4) is 0 Å². The summed E-state index contributed by atoms with van der Waals surface area (Å²) in [5, 5.41) is 5.99. The fourth-order valence-electron chi connectivity index (χ4n) is 1.94. The monoisotopic (exact) mass is 368 g/mol. The molecule has 0 bridgehead atoms. The number of nitrogens with zero attached hydrogens (tertiary/aromatic N) is 2. The van der Waals surface area contributed by atoms with Crippen LogP contribution in [0, 0.1) is 0 Å². The molecule has 5 nitrogen and oxygen atoms in total. The van der Waals surface area contributed by atoms with E-state index in [0.29, 0.717) is 17.1 Å². The summed E-state index contributed by atoms with van der Waals surface area (Å²) in [6, 6.07) is 14.8. The van der Waals surface area contributed by atoms with Crippen LogP contribution in [0.5, 0.6) is 0 Å². The minimum Gasteiger partial charge on any atom is -0.339 e. The zero-order valence-corrected chi connectivity index (χ0v) is 13.6. The molecular formula is C17H13BrN4O. The van der Waals surface area contributed by atoms with Gasteiger partial charge in [-0.3, -0.25) is 9.78 Å². The van der Waals surface area contributed by atoms with Gasteiger partial charge < -0.3 is 10.6 Å². The second-order valence-corrected chi connectivity index (χ2v) is 5.59. The minimum absolute atomic E-state index is 0.216. The first kappa shape index (κ1) is 15.2. The average Bonchev–Trinajstić information content (AvgIpc) is 2.59. The molecule has 0 fully saturated rings. The van der Waals surface area contributed by atoms with Gasteiger partial charge in [0.25, 0.3) is 5.91 Å². The smallest absolute Gasteiger partial charge is 0.257 e. The van der Waals surface area contributed by atoms with Crippen LogP contribution in [-0.4, -0.2) is 15.9 Å². The molecule has 3 aromatic rings. The summed E-state index contributed by atoms with van der Waals surface area (Å²) < 4.78 is 0.954. The maximum atomic E-state index is 12.0. The normalized spacial score (nSPS) is 10.1. The van der Waals surface area contributed by atoms with Gasteiger partial charge in [0.15, 0.2) is 0 Å². The minimum atomic E-state index is -0.216. The van der Waals surface area contributed by atoms with Gasteiger partial charge in [0.2, 0.25) is 0 Å². The third kappa shape index (κ3) is 3.92. The van der Waals surface area contributed by atoms with Crippen LogP contribution in [-0.2, 0) is 0 Å². The average molecular weight is 369 g/mol. The van der Waals surface area contributed by atoms with E-state index in [-0.39, 0.29) is 5.91 Å². The van der Waals surface area contributed by atoms with E-state index in [2.05, 4.69) is 36.5 Å². The molecule has 2 heterocycles. The lowest BCUT2D eigenvalue weighted by Gasteiger charge is -2.09. The predicted octanol–water partition coefficient (Wildman–Crippen LogP) is 4.24. The highest BCUT2D eigenvalue weighted by atomic mass is 79.9. The summed E-state index contributed by atoms with van der Waals surface area (Å²) in [6.45, 7) is 0. The molecule has 2 aromatic heterocycles. The summed E-state index contributed by atoms with van der Waals surface area (Å²) in [5.74, 6) is 0.475. The predicted molar refractivity (Wildman–Crippen MR) is 93.9 cm³/mol. The molecule has 114 valence electrons. The molecule has 0 aliphatic rings. The van der Waals surface area contributed by atoms with Crippen molar-refractivity contribution < 1.29 is 4.79 Å². The van der Waals surface area contributed by atoms with Crippen LogP contribution in [0.2, 0.25) is 0 Å². The molecular weight excluding hydrogens is 356 g/mol. The van der Waals surface area contributed by atoms with Gasteiger partial charge in [-0.2, -0.15) is 0 Å². The summed E-state index contributed by atoms with van der Waals surface area (Å²) in [5.41, 5.74) is 2.05. The van der Waals surface area contributed by atoms with E-state index in [0.717, 1.165) is 10.2 Å². The summed E-state index contributed by atoms with van der Waals surface area (Å²) in [4.78, 5) is 20.3. The number of nitrogens with one attached hydrogen (secondary N) is 2. The number of amides is 1. The highest BCUT2D eigenvalue weighted by Gasteiger charge is 2.06. The largest absolute Gasteiger partial charge is 0.339 e. The SMILES string of the molecule is O=C(Nc1ccc(Nc2ccccc2Br)nc1)c1cccnc1. The van der Waals surface area contributed by atoms with Gasteiger partial charge in [-0.05, 0) is 52.3 Å². The Kier molecular flexibility index (Phi) is 4.63. The molecule has 0 aliphatic carbocycles. The van der Waals surface area contributed by atoms with Crippen LogP contribution in [0.4, 0.5) is 17.2 Å². The molecule has 0 spiro atoms. The van der Waals surface area contributed by atoms with Crippen molar-refractivity contribution in [1.82, 2.24) is 9.97 Å². The van der Waals surface area contributed by atoms with Crippen molar-refractivity contribution in [3.63, 3.8) is 0 Å². The summed E-state index contributed by atoms with van der Waals surface area (Å²) in [7, 11) is 0. The Morgan fingerprint density at radius 3 is 2.57 bits per heavy atom. The fraction of sp³-hybridized carbons (Fsp3) is 0. The number of carbonyl (C=O) groups excluding carboxylic acids is 1. The summed E-state index contributed by atoms with van der Waals surface area (Å²) in [6.07, 6.45) is 4.75. The number of hydrogen-bond donors (Lipinski definition) is 2. The van der Waals surface area contributed by atoms with Crippen molar-refractivity contribution >= 4 is 39.0 Å². The van der Waals surface area contributed by atoms with Crippen LogP contribution in [0.25, 0.3) is 0 Å². The first-order chi connectivity index (χ1) is 11.2. The van der Waals surface area contributed by atoms with Crippen molar-refractivity contribution in [3.05, 3.63) is 77.2 Å². The Hall–Kier alpha value is -2.73. The molecule has 0 saturated heterocycles. The van der Waals surface area contributed by atoms with Crippen molar-refractivity contribution in [2.75, 3.05) is 10.6 Å². The van der Waals surface area contributed by atoms with E-state index in [1.165, 1.54) is 6.20 Å². The molecule has 23 heavy (non-hydrogen) atoms. The highest BCUT2D eigenvalue weighted by molar-refractivity contribution is 9.10. The Bertz CT molecular complexity index is 806. The molecule has 1 aromatic carbocycles. The number of halogens is 1. The second-order valence-electron chi connectivity index (χ2n) is 4.73. The summed E-state index contributed by atoms with van der Waals surface area (Å²) >= 11 is 3.47. The molecule has 1 amide bonds. The van der Waals surface area contributed by atoms with Crippen LogP contribution in [0.15, 0.2) is 71.6 Å². The number of para-hydroxylation sites is 1. The second kappa shape index (κ2) is 7.02. The van der Waals surface area contributed by atoms with E-state index in [9.17, 15) is 4.79 Å². The van der Waals surface area contributed by atoms with Crippen LogP contribution in [0.1, 0.15) is 10.4 Å². The van der Waals surface area contributed by atoms with Crippen molar-refractivity contribution in [1.29, 1.82) is 0 Å².